The summed E-state index contributed by atoms with van der Waals surface area (Å²) in [7, 11) is -5.49. The van der Waals surface area contributed by atoms with Gasteiger partial charge in [-0.05, 0) is 32.9 Å². The van der Waals surface area contributed by atoms with Gasteiger partial charge in [-0.3, -0.25) is 4.72 Å². The number of oxime groups is 1. The molecule has 0 radical (unpaired) electrons. The van der Waals surface area contributed by atoms with Crippen LogP contribution in [0, 0.1) is 6.92 Å². The second-order valence-electron chi connectivity index (χ2n) is 4.19. The number of nitrogens with zero attached hydrogens (tertiary/aromatic N) is 1. The lowest BCUT2D eigenvalue weighted by Crippen LogP contribution is -2.30. The van der Waals surface area contributed by atoms with Crippen molar-refractivity contribution in [3.8, 4) is 0 Å². The number of hydrogen-bond donors (Lipinski definition) is 1. The van der Waals surface area contributed by atoms with E-state index in [-0.39, 0.29) is 23.6 Å². The van der Waals surface area contributed by atoms with Gasteiger partial charge in [-0.25, -0.2) is 0 Å². The van der Waals surface area contributed by atoms with E-state index in [1.165, 1.54) is 29.8 Å². The summed E-state index contributed by atoms with van der Waals surface area (Å²) in [5.74, 6) is 0. The third-order valence-corrected chi connectivity index (χ3v) is 3.54. The average molecular weight is 324 g/mol. The largest absolute Gasteiger partial charge is 0.516 e. The summed E-state index contributed by atoms with van der Waals surface area (Å²) in [5.41, 5.74) is -4.37. The van der Waals surface area contributed by atoms with Crippen LogP contribution >= 0.6 is 0 Å². The molecule has 0 aromatic heterocycles. The number of hydrogen-bond acceptors (Lipinski definition) is 4. The topological polar surface area (TPSA) is 67.8 Å². The van der Waals surface area contributed by atoms with Crippen molar-refractivity contribution in [3.63, 3.8) is 0 Å². The van der Waals surface area contributed by atoms with E-state index in [0.717, 1.165) is 5.56 Å². The van der Waals surface area contributed by atoms with Crippen LogP contribution in [-0.2, 0) is 14.9 Å². The Morgan fingerprint density at radius 3 is 2.52 bits per heavy atom. The fraction of sp³-hybridized carbons (Fsp3) is 0.417. The van der Waals surface area contributed by atoms with E-state index in [9.17, 15) is 21.6 Å². The highest BCUT2D eigenvalue weighted by Gasteiger charge is 2.46. The van der Waals surface area contributed by atoms with E-state index >= 15 is 0 Å². The summed E-state index contributed by atoms with van der Waals surface area (Å²) in [6.45, 7) is 5.21. The zero-order valence-electron chi connectivity index (χ0n) is 11.7. The predicted octanol–water partition coefficient (Wildman–Crippen LogP) is 3.02. The number of anilines is 1. The summed E-state index contributed by atoms with van der Waals surface area (Å²) in [5, 5.41) is 3.71. The van der Waals surface area contributed by atoms with Crippen LogP contribution in [0.15, 0.2) is 23.4 Å². The number of sulfonamides is 1. The Morgan fingerprint density at radius 1 is 1.38 bits per heavy atom. The van der Waals surface area contributed by atoms with Gasteiger partial charge in [0.25, 0.3) is 0 Å². The van der Waals surface area contributed by atoms with Gasteiger partial charge >= 0.3 is 15.5 Å². The van der Waals surface area contributed by atoms with Crippen molar-refractivity contribution in [2.75, 3.05) is 11.3 Å². The summed E-state index contributed by atoms with van der Waals surface area (Å²) in [4.78, 5) is 4.83. The first kappa shape index (κ1) is 17.3. The van der Waals surface area contributed by atoms with Gasteiger partial charge < -0.3 is 4.84 Å². The fourth-order valence-corrected chi connectivity index (χ4v) is 2.04. The highest BCUT2D eigenvalue weighted by atomic mass is 32.2. The Hall–Kier alpha value is -1.77. The molecule has 1 N–H and O–H groups in total. The smallest absolute Gasteiger partial charge is 0.396 e. The first-order valence-electron chi connectivity index (χ1n) is 5.95. The molecule has 0 atom stereocenters. The minimum Gasteiger partial charge on any atom is -0.396 e. The van der Waals surface area contributed by atoms with E-state index in [2.05, 4.69) is 5.16 Å². The first-order valence-corrected chi connectivity index (χ1v) is 7.43. The summed E-state index contributed by atoms with van der Waals surface area (Å²) >= 11 is 0. The van der Waals surface area contributed by atoms with Crippen molar-refractivity contribution in [1.82, 2.24) is 0 Å². The van der Waals surface area contributed by atoms with Crippen molar-refractivity contribution in [2.24, 2.45) is 5.16 Å². The summed E-state index contributed by atoms with van der Waals surface area (Å²) in [6.07, 6.45) is 0. The minimum atomic E-state index is -5.49. The molecule has 0 saturated carbocycles. The van der Waals surface area contributed by atoms with Crippen molar-refractivity contribution >= 4 is 21.4 Å². The Morgan fingerprint density at radius 2 is 2.00 bits per heavy atom. The quantitative estimate of drug-likeness (QED) is 0.669. The Balaban J connectivity index is 3.26. The van der Waals surface area contributed by atoms with Crippen LogP contribution in [0.2, 0.25) is 0 Å². The average Bonchev–Trinajstić information content (AvgIpc) is 2.36. The molecular formula is C12H15F3N2O3S. The van der Waals surface area contributed by atoms with Crippen molar-refractivity contribution in [1.29, 1.82) is 0 Å². The lowest BCUT2D eigenvalue weighted by atomic mass is 10.1. The maximum Gasteiger partial charge on any atom is 0.516 e. The van der Waals surface area contributed by atoms with Gasteiger partial charge in [-0.15, -0.1) is 0 Å². The number of alkyl halides is 3. The minimum absolute atomic E-state index is 0.209. The molecule has 1 rings (SSSR count). The maximum atomic E-state index is 12.4. The Labute approximate surface area is 120 Å². The lowest BCUT2D eigenvalue weighted by molar-refractivity contribution is -0.0429. The molecule has 0 spiro atoms. The van der Waals surface area contributed by atoms with Crippen LogP contribution in [0.3, 0.4) is 0 Å². The molecule has 0 aliphatic rings. The second-order valence-corrected chi connectivity index (χ2v) is 5.87. The van der Waals surface area contributed by atoms with Crippen LogP contribution in [0.1, 0.15) is 25.0 Å². The summed E-state index contributed by atoms with van der Waals surface area (Å²) in [6, 6.07) is 4.26. The molecule has 1 aromatic carbocycles. The van der Waals surface area contributed by atoms with E-state index in [0.29, 0.717) is 0 Å². The number of nitrogens with one attached hydrogen (secondary N) is 1. The maximum absolute atomic E-state index is 12.4. The Bertz CT molecular complexity index is 640. The van der Waals surface area contributed by atoms with Crippen LogP contribution in [-0.4, -0.2) is 26.2 Å². The Kier molecular flexibility index (Phi) is 5.21. The highest BCUT2D eigenvalue weighted by molar-refractivity contribution is 7.93. The molecule has 0 saturated heterocycles. The molecule has 0 unspecified atom stereocenters. The number of rotatable bonds is 5. The zero-order chi connectivity index (χ0) is 16.3. The third kappa shape index (κ3) is 4.35. The fourth-order valence-electron chi connectivity index (χ4n) is 1.46. The van der Waals surface area contributed by atoms with E-state index in [4.69, 9.17) is 4.84 Å². The second kappa shape index (κ2) is 6.33. The van der Waals surface area contributed by atoms with Gasteiger partial charge in [-0.2, -0.15) is 21.6 Å². The van der Waals surface area contributed by atoms with Crippen molar-refractivity contribution in [2.45, 2.75) is 26.3 Å². The molecule has 9 heteroatoms. The van der Waals surface area contributed by atoms with Gasteiger partial charge in [-0.1, -0.05) is 16.8 Å². The summed E-state index contributed by atoms with van der Waals surface area (Å²) < 4.78 is 61.2. The molecule has 1 aromatic rings. The van der Waals surface area contributed by atoms with E-state index < -0.39 is 15.5 Å². The van der Waals surface area contributed by atoms with Gasteiger partial charge in [0.1, 0.15) is 6.61 Å². The molecule has 0 amide bonds. The van der Waals surface area contributed by atoms with Gasteiger partial charge in [0, 0.05) is 5.56 Å². The molecule has 0 fully saturated rings. The van der Waals surface area contributed by atoms with Gasteiger partial charge in [0.15, 0.2) is 0 Å². The van der Waals surface area contributed by atoms with Crippen LogP contribution < -0.4 is 4.72 Å². The lowest BCUT2D eigenvalue weighted by Gasteiger charge is -2.14. The molecule has 118 valence electrons. The molecule has 0 bridgehead atoms. The van der Waals surface area contributed by atoms with Crippen LogP contribution in [0.4, 0.5) is 18.9 Å². The molecular weight excluding hydrogens is 309 g/mol. The van der Waals surface area contributed by atoms with Gasteiger partial charge in [0.2, 0.25) is 0 Å². The van der Waals surface area contributed by atoms with Crippen LogP contribution in [0.5, 0.6) is 0 Å². The molecule has 0 aliphatic heterocycles. The molecule has 21 heavy (non-hydrogen) atoms. The SMILES string of the molecule is CCO/N=C(\C)c1cc(C)ccc1NS(=O)(=O)C(F)(F)F. The molecule has 5 nitrogen and oxygen atoms in total. The highest BCUT2D eigenvalue weighted by Crippen LogP contribution is 2.27. The number of halogens is 3. The third-order valence-electron chi connectivity index (χ3n) is 2.44. The number of aryl methyl sites for hydroxylation is 1. The van der Waals surface area contributed by atoms with Crippen LogP contribution in [0.25, 0.3) is 0 Å². The van der Waals surface area contributed by atoms with Crippen molar-refractivity contribution < 1.29 is 26.4 Å². The molecule has 0 heterocycles. The standard InChI is InChI=1S/C12H15F3N2O3S/c1-4-20-16-9(3)10-7-8(2)5-6-11(10)17-21(18,19)12(13,14)15/h5-7,17H,4H2,1-3H3/b16-9+. The first-order chi connectivity index (χ1) is 9.58. The predicted molar refractivity (Wildman–Crippen MR) is 73.6 cm³/mol. The monoisotopic (exact) mass is 324 g/mol. The number of benzene rings is 1. The van der Waals surface area contributed by atoms with E-state index in [1.807, 2.05) is 0 Å². The molecule has 0 aliphatic carbocycles. The normalized spacial score (nSPS) is 13.1. The zero-order valence-corrected chi connectivity index (χ0v) is 12.5. The van der Waals surface area contributed by atoms with E-state index in [1.54, 1.807) is 13.8 Å². The van der Waals surface area contributed by atoms with Gasteiger partial charge in [0.05, 0.1) is 11.4 Å². The van der Waals surface area contributed by atoms with Crippen molar-refractivity contribution in [3.05, 3.63) is 29.3 Å².